The highest BCUT2D eigenvalue weighted by Gasteiger charge is 2.43. The number of aryl methyl sites for hydroxylation is 1. The van der Waals surface area contributed by atoms with Crippen molar-refractivity contribution < 1.29 is 14.6 Å². The molecule has 1 saturated carbocycles. The van der Waals surface area contributed by atoms with Crippen LogP contribution in [-0.4, -0.2) is 34.8 Å². The third kappa shape index (κ3) is 2.75. The molecule has 2 rings (SSSR count). The lowest BCUT2D eigenvalue weighted by atomic mass is 9.70. The maximum Gasteiger partial charge on any atom is 0.314 e. The van der Waals surface area contributed by atoms with Crippen molar-refractivity contribution in [3.63, 3.8) is 0 Å². The van der Waals surface area contributed by atoms with Crippen LogP contribution >= 0.6 is 0 Å². The van der Waals surface area contributed by atoms with Gasteiger partial charge in [0.15, 0.2) is 0 Å². The minimum Gasteiger partial charge on any atom is -0.469 e. The van der Waals surface area contributed by atoms with Gasteiger partial charge in [-0.2, -0.15) is 0 Å². The minimum atomic E-state index is -0.796. The zero-order valence-electron chi connectivity index (χ0n) is 11.8. The fraction of sp³-hybridized carbons (Fsp3) is 0.643. The molecule has 0 aromatic carbocycles. The van der Waals surface area contributed by atoms with E-state index < -0.39 is 5.41 Å². The van der Waals surface area contributed by atoms with Crippen LogP contribution in [0.25, 0.3) is 0 Å². The molecule has 0 atom stereocenters. The molecule has 20 heavy (non-hydrogen) atoms. The molecule has 110 valence electrons. The molecule has 1 fully saturated rings. The summed E-state index contributed by atoms with van der Waals surface area (Å²) in [5, 5.41) is 9.51. The monoisotopic (exact) mass is 280 g/mol. The summed E-state index contributed by atoms with van der Waals surface area (Å²) < 4.78 is 4.79. The van der Waals surface area contributed by atoms with Gasteiger partial charge in [0.25, 0.3) is 5.56 Å². The van der Waals surface area contributed by atoms with Crippen molar-refractivity contribution in [2.45, 2.75) is 38.5 Å². The molecule has 0 saturated heterocycles. The predicted molar refractivity (Wildman–Crippen MR) is 72.3 cm³/mol. The largest absolute Gasteiger partial charge is 0.469 e. The number of hydrogen-bond acceptors (Lipinski definition) is 5. The van der Waals surface area contributed by atoms with Crippen molar-refractivity contribution in [1.29, 1.82) is 0 Å². The first-order valence-corrected chi connectivity index (χ1v) is 6.78. The molecule has 1 aromatic rings. The zero-order valence-corrected chi connectivity index (χ0v) is 11.8. The molecule has 0 radical (unpaired) electrons. The van der Waals surface area contributed by atoms with Gasteiger partial charge in [-0.25, -0.2) is 4.98 Å². The number of carbonyl (C=O) groups excluding carboxylic acids is 1. The maximum absolute atomic E-state index is 11.8. The normalized spacial score (nSPS) is 26.2. The molecule has 1 aromatic heterocycles. The maximum atomic E-state index is 11.8. The van der Waals surface area contributed by atoms with Gasteiger partial charge in [0.1, 0.15) is 5.82 Å². The number of rotatable bonds is 3. The number of nitrogens with one attached hydrogen (secondary N) is 1. The third-order valence-electron chi connectivity index (χ3n) is 4.14. The highest BCUT2D eigenvalue weighted by Crippen LogP contribution is 2.42. The van der Waals surface area contributed by atoms with Crippen LogP contribution in [0.4, 0.5) is 0 Å². The Labute approximate surface area is 117 Å². The molecule has 1 aliphatic carbocycles. The Balaban J connectivity index is 2.14. The van der Waals surface area contributed by atoms with Gasteiger partial charge in [-0.3, -0.25) is 9.59 Å². The van der Waals surface area contributed by atoms with Gasteiger partial charge in [0.05, 0.1) is 19.1 Å². The van der Waals surface area contributed by atoms with Crippen LogP contribution in [0.3, 0.4) is 0 Å². The van der Waals surface area contributed by atoms with Crippen molar-refractivity contribution in [2.24, 2.45) is 5.41 Å². The quantitative estimate of drug-likeness (QED) is 0.802. The number of carbonyl (C=O) groups is 1. The van der Waals surface area contributed by atoms with Gasteiger partial charge >= 0.3 is 5.97 Å². The summed E-state index contributed by atoms with van der Waals surface area (Å²) in [6.45, 7) is 1.58. The Morgan fingerprint density at radius 3 is 2.70 bits per heavy atom. The first-order chi connectivity index (χ1) is 9.50. The van der Waals surface area contributed by atoms with Crippen LogP contribution in [-0.2, 0) is 9.53 Å². The summed E-state index contributed by atoms with van der Waals surface area (Å²) in [5.41, 5.74) is -0.259. The van der Waals surface area contributed by atoms with Gasteiger partial charge < -0.3 is 14.8 Å². The van der Waals surface area contributed by atoms with Crippen LogP contribution in [0.2, 0.25) is 0 Å². The predicted octanol–water partition coefficient (Wildman–Crippen LogP) is 0.888. The molecule has 0 spiro atoms. The van der Waals surface area contributed by atoms with Crippen molar-refractivity contribution >= 4 is 5.97 Å². The molecular weight excluding hydrogens is 260 g/mol. The van der Waals surface area contributed by atoms with E-state index in [1.54, 1.807) is 6.92 Å². The lowest BCUT2D eigenvalue weighted by molar-refractivity contribution is -0.158. The molecule has 2 N–H and O–H groups in total. The molecule has 0 unspecified atom stereocenters. The number of nitrogens with zero attached hydrogens (tertiary/aromatic N) is 1. The summed E-state index contributed by atoms with van der Waals surface area (Å²) in [5.74, 6) is 0.433. The van der Waals surface area contributed by atoms with Crippen LogP contribution in [0.5, 0.6) is 0 Å². The Hall–Kier alpha value is -1.69. The summed E-state index contributed by atoms with van der Waals surface area (Å²) in [4.78, 5) is 30.4. The molecule has 0 aliphatic heterocycles. The number of aliphatic hydroxyl groups is 1. The number of methoxy groups -OCH3 is 1. The number of aromatic nitrogens is 2. The van der Waals surface area contributed by atoms with E-state index in [-0.39, 0.29) is 24.1 Å². The number of hydrogen-bond donors (Lipinski definition) is 2. The first-order valence-electron chi connectivity index (χ1n) is 6.78. The lowest BCUT2D eigenvalue weighted by Gasteiger charge is -2.35. The number of esters is 1. The van der Waals surface area contributed by atoms with Gasteiger partial charge in [0, 0.05) is 17.7 Å². The smallest absolute Gasteiger partial charge is 0.314 e. The minimum absolute atomic E-state index is 0.118. The average Bonchev–Trinajstić information content (AvgIpc) is 2.45. The SMILES string of the molecule is COC(=O)C1(CO)CCC(c2nc(C)cc(=O)[nH]2)CC1. The van der Waals surface area contributed by atoms with Crippen molar-refractivity contribution in [3.05, 3.63) is 27.9 Å². The second-order valence-electron chi connectivity index (χ2n) is 5.48. The topological polar surface area (TPSA) is 92.3 Å². The molecule has 1 aliphatic rings. The highest BCUT2D eigenvalue weighted by molar-refractivity contribution is 5.77. The van der Waals surface area contributed by atoms with Gasteiger partial charge in [0.2, 0.25) is 0 Å². The molecule has 6 nitrogen and oxygen atoms in total. The van der Waals surface area contributed by atoms with Gasteiger partial charge in [-0.1, -0.05) is 0 Å². The van der Waals surface area contributed by atoms with Crippen molar-refractivity contribution in [1.82, 2.24) is 9.97 Å². The van der Waals surface area contributed by atoms with Crippen molar-refractivity contribution in [2.75, 3.05) is 13.7 Å². The Bertz CT molecular complexity index is 544. The third-order valence-corrected chi connectivity index (χ3v) is 4.14. The van der Waals surface area contributed by atoms with E-state index in [0.717, 1.165) is 0 Å². The fourth-order valence-electron chi connectivity index (χ4n) is 2.88. The van der Waals surface area contributed by atoms with Gasteiger partial charge in [-0.05, 0) is 32.6 Å². The summed E-state index contributed by atoms with van der Waals surface area (Å²) in [6, 6.07) is 1.46. The number of aliphatic hydroxyl groups excluding tert-OH is 1. The average molecular weight is 280 g/mol. The lowest BCUT2D eigenvalue weighted by Crippen LogP contribution is -2.39. The second-order valence-corrected chi connectivity index (χ2v) is 5.48. The highest BCUT2D eigenvalue weighted by atomic mass is 16.5. The number of aromatic amines is 1. The molecule has 0 bridgehead atoms. The van der Waals surface area contributed by atoms with E-state index in [1.807, 2.05) is 0 Å². The zero-order chi connectivity index (χ0) is 14.8. The van der Waals surface area contributed by atoms with Crippen LogP contribution in [0.15, 0.2) is 10.9 Å². The summed E-state index contributed by atoms with van der Waals surface area (Å²) in [6.07, 6.45) is 2.47. The second kappa shape index (κ2) is 5.75. The first kappa shape index (κ1) is 14.7. The van der Waals surface area contributed by atoms with E-state index in [0.29, 0.717) is 37.2 Å². The number of H-pyrrole nitrogens is 1. The van der Waals surface area contributed by atoms with Crippen LogP contribution in [0, 0.1) is 12.3 Å². The Morgan fingerprint density at radius 1 is 1.55 bits per heavy atom. The molecule has 6 heteroatoms. The fourth-order valence-corrected chi connectivity index (χ4v) is 2.88. The van der Waals surface area contributed by atoms with Crippen LogP contribution < -0.4 is 5.56 Å². The van der Waals surface area contributed by atoms with E-state index in [4.69, 9.17) is 4.74 Å². The molecule has 1 heterocycles. The van der Waals surface area contributed by atoms with Crippen molar-refractivity contribution in [3.8, 4) is 0 Å². The van der Waals surface area contributed by atoms with E-state index in [1.165, 1.54) is 13.2 Å². The standard InChI is InChI=1S/C14H20N2O4/c1-9-7-11(18)16-12(15-9)10-3-5-14(8-17,6-4-10)13(19)20-2/h7,10,17H,3-6,8H2,1-2H3,(H,15,16,18). The van der Waals surface area contributed by atoms with E-state index in [2.05, 4.69) is 9.97 Å². The Kier molecular flexibility index (Phi) is 4.23. The van der Waals surface area contributed by atoms with Crippen LogP contribution in [0.1, 0.15) is 43.1 Å². The molecular formula is C14H20N2O4. The van der Waals surface area contributed by atoms with E-state index in [9.17, 15) is 14.7 Å². The summed E-state index contributed by atoms with van der Waals surface area (Å²) >= 11 is 0. The summed E-state index contributed by atoms with van der Waals surface area (Å²) in [7, 11) is 1.34. The molecule has 0 amide bonds. The number of ether oxygens (including phenoxy) is 1. The van der Waals surface area contributed by atoms with E-state index >= 15 is 0 Å². The Morgan fingerprint density at radius 2 is 2.20 bits per heavy atom. The van der Waals surface area contributed by atoms with Gasteiger partial charge in [-0.15, -0.1) is 0 Å².